The molecule has 2 aromatic rings. The van der Waals surface area contributed by atoms with Crippen molar-refractivity contribution in [3.63, 3.8) is 0 Å². The molecule has 168 valence electrons. The molecule has 0 unspecified atom stereocenters. The quantitative estimate of drug-likeness (QED) is 0.388. The van der Waals surface area contributed by atoms with Crippen molar-refractivity contribution in [1.82, 2.24) is 10.6 Å². The lowest BCUT2D eigenvalue weighted by Crippen LogP contribution is -2.27. The second-order valence-electron chi connectivity index (χ2n) is 7.38. The minimum Gasteiger partial charge on any atom is -0.384 e. The normalized spacial score (nSPS) is 11.9. The minimum atomic E-state index is -0.247. The standard InChI is InChI=1S/C24H28N4O4/c1-3-25-19(29)11-13-27-17-9-10-18(28-14-12-20(30)26-4-2)22-21(17)23(31)15-7-5-6-8-16(15)24(22)32/h5-10,27-28H,3-4,11-14H2,1-2H3,(H,25,29)(H,26,30). The van der Waals surface area contributed by atoms with Crippen LogP contribution in [0, 0.1) is 0 Å². The van der Waals surface area contributed by atoms with E-state index in [0.29, 0.717) is 48.7 Å². The van der Waals surface area contributed by atoms with E-state index in [1.807, 2.05) is 13.8 Å². The van der Waals surface area contributed by atoms with Crippen molar-refractivity contribution in [3.8, 4) is 0 Å². The van der Waals surface area contributed by atoms with E-state index in [4.69, 9.17) is 0 Å². The summed E-state index contributed by atoms with van der Waals surface area (Å²) in [5.41, 5.74) is 2.30. The molecule has 0 spiro atoms. The Morgan fingerprint density at radius 3 is 1.47 bits per heavy atom. The third-order valence-electron chi connectivity index (χ3n) is 5.16. The Bertz CT molecular complexity index is 966. The minimum absolute atomic E-state index is 0.0924. The molecule has 8 heteroatoms. The fourth-order valence-corrected chi connectivity index (χ4v) is 3.71. The fraction of sp³-hybridized carbons (Fsp3) is 0.333. The van der Waals surface area contributed by atoms with Crippen LogP contribution in [-0.2, 0) is 9.59 Å². The number of anilines is 2. The van der Waals surface area contributed by atoms with Crippen molar-refractivity contribution in [2.24, 2.45) is 0 Å². The molecule has 0 radical (unpaired) electrons. The van der Waals surface area contributed by atoms with Crippen molar-refractivity contribution in [3.05, 3.63) is 58.7 Å². The molecule has 0 bridgehead atoms. The number of hydrogen-bond donors (Lipinski definition) is 4. The first-order valence-electron chi connectivity index (χ1n) is 10.8. The van der Waals surface area contributed by atoms with Gasteiger partial charge in [0, 0.05) is 61.5 Å². The maximum atomic E-state index is 13.3. The number of fused-ring (bicyclic) bond motifs is 2. The third kappa shape index (κ3) is 4.96. The second-order valence-corrected chi connectivity index (χ2v) is 7.38. The summed E-state index contributed by atoms with van der Waals surface area (Å²) in [7, 11) is 0. The van der Waals surface area contributed by atoms with Gasteiger partial charge in [-0.1, -0.05) is 24.3 Å². The molecule has 8 nitrogen and oxygen atoms in total. The van der Waals surface area contributed by atoms with Crippen molar-refractivity contribution >= 4 is 34.8 Å². The van der Waals surface area contributed by atoms with Crippen molar-refractivity contribution < 1.29 is 19.2 Å². The van der Waals surface area contributed by atoms with Gasteiger partial charge >= 0.3 is 0 Å². The van der Waals surface area contributed by atoms with Crippen LogP contribution < -0.4 is 21.3 Å². The maximum Gasteiger partial charge on any atom is 0.221 e. The van der Waals surface area contributed by atoms with Gasteiger partial charge in [0.15, 0.2) is 11.6 Å². The lowest BCUT2D eigenvalue weighted by Gasteiger charge is -2.24. The van der Waals surface area contributed by atoms with E-state index in [9.17, 15) is 19.2 Å². The molecular formula is C24H28N4O4. The number of amides is 2. The largest absolute Gasteiger partial charge is 0.384 e. The summed E-state index contributed by atoms with van der Waals surface area (Å²) < 4.78 is 0. The van der Waals surface area contributed by atoms with Gasteiger partial charge in [0.1, 0.15) is 0 Å². The highest BCUT2D eigenvalue weighted by molar-refractivity contribution is 6.31. The van der Waals surface area contributed by atoms with Crippen LogP contribution >= 0.6 is 0 Å². The Morgan fingerprint density at radius 1 is 0.688 bits per heavy atom. The van der Waals surface area contributed by atoms with Gasteiger partial charge in [-0.3, -0.25) is 19.2 Å². The van der Waals surface area contributed by atoms with Crippen LogP contribution in [0.25, 0.3) is 0 Å². The Labute approximate surface area is 187 Å². The summed E-state index contributed by atoms with van der Waals surface area (Å²) in [5, 5.41) is 11.7. The van der Waals surface area contributed by atoms with Crippen LogP contribution in [0.3, 0.4) is 0 Å². The number of hydrogen-bond acceptors (Lipinski definition) is 6. The number of carbonyl (C=O) groups is 4. The van der Waals surface area contributed by atoms with Gasteiger partial charge in [0.05, 0.1) is 11.1 Å². The Morgan fingerprint density at radius 2 is 1.09 bits per heavy atom. The lowest BCUT2D eigenvalue weighted by molar-refractivity contribution is -0.121. The fourth-order valence-electron chi connectivity index (χ4n) is 3.71. The van der Waals surface area contributed by atoms with Gasteiger partial charge < -0.3 is 21.3 Å². The molecule has 2 amide bonds. The highest BCUT2D eigenvalue weighted by Crippen LogP contribution is 2.36. The van der Waals surface area contributed by atoms with Crippen molar-refractivity contribution in [1.29, 1.82) is 0 Å². The van der Waals surface area contributed by atoms with Gasteiger partial charge in [-0.05, 0) is 26.0 Å². The zero-order valence-corrected chi connectivity index (χ0v) is 18.3. The Hall–Kier alpha value is -3.68. The SMILES string of the molecule is CCNC(=O)CCNc1ccc(NCCC(=O)NCC)c2c1C(=O)c1ccccc1C2=O. The lowest BCUT2D eigenvalue weighted by atomic mass is 9.82. The van der Waals surface area contributed by atoms with Crippen LogP contribution in [0.1, 0.15) is 58.5 Å². The van der Waals surface area contributed by atoms with E-state index in [1.54, 1.807) is 36.4 Å². The predicted octanol–water partition coefficient (Wildman–Crippen LogP) is 2.34. The molecule has 1 aliphatic rings. The molecule has 32 heavy (non-hydrogen) atoms. The molecule has 0 fully saturated rings. The van der Waals surface area contributed by atoms with Crippen molar-refractivity contribution in [2.75, 3.05) is 36.8 Å². The number of ketones is 2. The van der Waals surface area contributed by atoms with Gasteiger partial charge in [0.25, 0.3) is 0 Å². The summed E-state index contributed by atoms with van der Waals surface area (Å²) in [6.07, 6.45) is 0.488. The summed E-state index contributed by atoms with van der Waals surface area (Å²) in [6.45, 7) is 5.45. The Balaban J connectivity index is 1.90. The summed E-state index contributed by atoms with van der Waals surface area (Å²) in [6, 6.07) is 10.2. The molecular weight excluding hydrogens is 408 g/mol. The number of benzene rings is 2. The monoisotopic (exact) mass is 436 g/mol. The average Bonchev–Trinajstić information content (AvgIpc) is 2.78. The summed E-state index contributed by atoms with van der Waals surface area (Å²) in [5.74, 6) is -0.679. The molecule has 0 saturated carbocycles. The van der Waals surface area contributed by atoms with Gasteiger partial charge in [-0.2, -0.15) is 0 Å². The van der Waals surface area contributed by atoms with E-state index in [-0.39, 0.29) is 47.3 Å². The van der Waals surface area contributed by atoms with Crippen LogP contribution in [0.15, 0.2) is 36.4 Å². The van der Waals surface area contributed by atoms with E-state index in [2.05, 4.69) is 21.3 Å². The summed E-state index contributed by atoms with van der Waals surface area (Å²) in [4.78, 5) is 50.2. The van der Waals surface area contributed by atoms with Crippen LogP contribution in [0.4, 0.5) is 11.4 Å². The zero-order chi connectivity index (χ0) is 23.1. The highest BCUT2D eigenvalue weighted by Gasteiger charge is 2.33. The molecule has 4 N–H and O–H groups in total. The van der Waals surface area contributed by atoms with Crippen LogP contribution in [-0.4, -0.2) is 49.6 Å². The van der Waals surface area contributed by atoms with Crippen LogP contribution in [0.2, 0.25) is 0 Å². The van der Waals surface area contributed by atoms with Gasteiger partial charge in [-0.25, -0.2) is 0 Å². The first kappa shape index (κ1) is 23.0. The Kier molecular flexibility index (Phi) is 7.59. The van der Waals surface area contributed by atoms with E-state index in [0.717, 1.165) is 0 Å². The highest BCUT2D eigenvalue weighted by atomic mass is 16.2. The topological polar surface area (TPSA) is 116 Å². The molecule has 0 atom stereocenters. The molecule has 1 aliphatic carbocycles. The van der Waals surface area contributed by atoms with Gasteiger partial charge in [-0.15, -0.1) is 0 Å². The van der Waals surface area contributed by atoms with E-state index in [1.165, 1.54) is 0 Å². The molecule has 0 heterocycles. The third-order valence-corrected chi connectivity index (χ3v) is 5.16. The first-order chi connectivity index (χ1) is 15.5. The van der Waals surface area contributed by atoms with Gasteiger partial charge in [0.2, 0.25) is 11.8 Å². The predicted molar refractivity (Wildman–Crippen MR) is 123 cm³/mol. The summed E-state index contributed by atoms with van der Waals surface area (Å²) >= 11 is 0. The molecule has 0 saturated heterocycles. The number of rotatable bonds is 10. The smallest absolute Gasteiger partial charge is 0.221 e. The molecule has 2 aromatic carbocycles. The molecule has 0 aliphatic heterocycles. The number of carbonyl (C=O) groups excluding carboxylic acids is 4. The molecule has 3 rings (SSSR count). The van der Waals surface area contributed by atoms with Crippen LogP contribution in [0.5, 0.6) is 0 Å². The second kappa shape index (κ2) is 10.6. The molecule has 0 aromatic heterocycles. The first-order valence-corrected chi connectivity index (χ1v) is 10.8. The van der Waals surface area contributed by atoms with E-state index >= 15 is 0 Å². The maximum absolute atomic E-state index is 13.3. The van der Waals surface area contributed by atoms with Crippen molar-refractivity contribution in [2.45, 2.75) is 26.7 Å². The van der Waals surface area contributed by atoms with E-state index < -0.39 is 0 Å². The zero-order valence-electron chi connectivity index (χ0n) is 18.3. The number of nitrogens with one attached hydrogen (secondary N) is 4. The average molecular weight is 437 g/mol.